The van der Waals surface area contributed by atoms with Crippen molar-refractivity contribution in [2.45, 2.75) is 18.9 Å². The summed E-state index contributed by atoms with van der Waals surface area (Å²) >= 11 is 5.90. The van der Waals surface area contributed by atoms with Gasteiger partial charge < -0.3 is 13.9 Å². The Morgan fingerprint density at radius 1 is 1.03 bits per heavy atom. The van der Waals surface area contributed by atoms with E-state index in [-0.39, 0.29) is 34.6 Å². The summed E-state index contributed by atoms with van der Waals surface area (Å²) in [7, 11) is 2.45. The lowest BCUT2D eigenvalue weighted by Crippen LogP contribution is -2.16. The molecule has 4 rings (SSSR count). The predicted octanol–water partition coefficient (Wildman–Crippen LogP) is 6.41. The summed E-state index contributed by atoms with van der Waals surface area (Å²) < 4.78 is 97.7. The topological polar surface area (TPSA) is 66.5 Å². The smallest absolute Gasteiger partial charge is 0.450 e. The molecular formula is C23H15ClF6N2O4. The van der Waals surface area contributed by atoms with Crippen LogP contribution in [0.3, 0.4) is 0 Å². The van der Waals surface area contributed by atoms with Gasteiger partial charge in [-0.25, -0.2) is 0 Å². The van der Waals surface area contributed by atoms with Gasteiger partial charge in [0.2, 0.25) is 16.9 Å². The first-order valence-corrected chi connectivity index (χ1v) is 10.4. The van der Waals surface area contributed by atoms with Gasteiger partial charge in [0, 0.05) is 11.8 Å². The Morgan fingerprint density at radius 3 is 2.36 bits per heavy atom. The number of halogens is 7. The highest BCUT2D eigenvalue weighted by Gasteiger charge is 2.40. The van der Waals surface area contributed by atoms with Gasteiger partial charge in [0.05, 0.1) is 48.5 Å². The minimum atomic E-state index is -5.08. The molecule has 0 aliphatic heterocycles. The first-order chi connectivity index (χ1) is 16.9. The monoisotopic (exact) mass is 532 g/mol. The van der Waals surface area contributed by atoms with Crippen molar-refractivity contribution in [3.05, 3.63) is 74.9 Å². The van der Waals surface area contributed by atoms with Crippen LogP contribution in [0.25, 0.3) is 22.1 Å². The number of benzene rings is 2. The van der Waals surface area contributed by atoms with E-state index in [9.17, 15) is 31.1 Å². The fourth-order valence-corrected chi connectivity index (χ4v) is 4.00. The molecule has 0 saturated carbocycles. The number of hydrogen-bond donors (Lipinski definition) is 0. The van der Waals surface area contributed by atoms with Gasteiger partial charge >= 0.3 is 12.4 Å². The molecule has 0 atom stereocenters. The Morgan fingerprint density at radius 2 is 1.75 bits per heavy atom. The zero-order valence-corrected chi connectivity index (χ0v) is 19.2. The summed E-state index contributed by atoms with van der Waals surface area (Å²) in [6, 6.07) is 5.85. The second-order valence-electron chi connectivity index (χ2n) is 7.51. The molecule has 13 heteroatoms. The summed E-state index contributed by atoms with van der Waals surface area (Å²) in [5, 5.41) is 3.14. The van der Waals surface area contributed by atoms with Gasteiger partial charge in [0.25, 0.3) is 0 Å². The molecule has 0 saturated heterocycles. The second kappa shape index (κ2) is 9.08. The van der Waals surface area contributed by atoms with Crippen LogP contribution in [-0.2, 0) is 18.9 Å². The van der Waals surface area contributed by atoms with E-state index in [1.165, 1.54) is 32.4 Å². The quantitative estimate of drug-likeness (QED) is 0.278. The summed E-state index contributed by atoms with van der Waals surface area (Å²) in [5.74, 6) is -1.73. The molecule has 2 aromatic carbocycles. The van der Waals surface area contributed by atoms with Crippen molar-refractivity contribution in [1.82, 2.24) is 9.78 Å². The van der Waals surface area contributed by atoms with Crippen molar-refractivity contribution in [2.75, 3.05) is 14.2 Å². The molecule has 0 aliphatic rings. The third-order valence-corrected chi connectivity index (χ3v) is 5.75. The van der Waals surface area contributed by atoms with E-state index in [2.05, 4.69) is 5.10 Å². The maximum Gasteiger partial charge on any atom is 0.450 e. The molecule has 0 radical (unpaired) electrons. The number of methoxy groups -OCH3 is 2. The summed E-state index contributed by atoms with van der Waals surface area (Å²) in [5.41, 5.74) is -3.57. The van der Waals surface area contributed by atoms with E-state index < -0.39 is 45.3 Å². The molecule has 4 aromatic rings. The molecule has 6 nitrogen and oxygen atoms in total. The fourth-order valence-electron chi connectivity index (χ4n) is 3.71. The van der Waals surface area contributed by atoms with Crippen LogP contribution in [0.5, 0.6) is 11.5 Å². The lowest BCUT2D eigenvalue weighted by atomic mass is 10.0. The zero-order chi connectivity index (χ0) is 26.4. The minimum absolute atomic E-state index is 0.0274. The van der Waals surface area contributed by atoms with E-state index in [1.54, 1.807) is 0 Å². The number of aromatic nitrogens is 2. The van der Waals surface area contributed by atoms with Gasteiger partial charge in [0.1, 0.15) is 0 Å². The second-order valence-corrected chi connectivity index (χ2v) is 7.89. The standard InChI is InChI=1S/C23H15ClF6N2O4/c1-34-15-7-6-13-18(33)16(21(23(28,29)30)36-19(13)20(15)35-2)12-8-31-32(10-12)9-11-4-3-5-14(17(11)24)22(25,26)27/h3-8,10H,9H2,1-2H3. The number of alkyl halides is 6. The lowest BCUT2D eigenvalue weighted by molar-refractivity contribution is -0.152. The third kappa shape index (κ3) is 4.48. The van der Waals surface area contributed by atoms with Gasteiger partial charge in [-0.15, -0.1) is 0 Å². The van der Waals surface area contributed by atoms with Crippen molar-refractivity contribution >= 4 is 22.6 Å². The molecule has 190 valence electrons. The summed E-state index contributed by atoms with van der Waals surface area (Å²) in [6.07, 6.45) is -7.71. The predicted molar refractivity (Wildman–Crippen MR) is 117 cm³/mol. The van der Waals surface area contributed by atoms with Crippen molar-refractivity contribution in [3.63, 3.8) is 0 Å². The average molecular weight is 533 g/mol. The van der Waals surface area contributed by atoms with Gasteiger partial charge in [0.15, 0.2) is 11.3 Å². The lowest BCUT2D eigenvalue weighted by Gasteiger charge is -2.14. The van der Waals surface area contributed by atoms with Crippen LogP contribution < -0.4 is 14.9 Å². The Bertz CT molecular complexity index is 1510. The first-order valence-electron chi connectivity index (χ1n) is 10.0. The molecule has 0 bridgehead atoms. The van der Waals surface area contributed by atoms with Crippen LogP contribution in [0, 0.1) is 0 Å². The Balaban J connectivity index is 1.86. The number of ether oxygens (including phenoxy) is 2. The van der Waals surface area contributed by atoms with Crippen LogP contribution in [0.15, 0.2) is 51.9 Å². The van der Waals surface area contributed by atoms with Crippen molar-refractivity contribution < 1.29 is 40.2 Å². The minimum Gasteiger partial charge on any atom is -0.493 e. The molecule has 0 aliphatic carbocycles. The maximum atomic E-state index is 14.0. The molecule has 0 N–H and O–H groups in total. The molecule has 2 heterocycles. The maximum absolute atomic E-state index is 14.0. The molecule has 36 heavy (non-hydrogen) atoms. The van der Waals surface area contributed by atoms with Gasteiger partial charge in [-0.3, -0.25) is 9.48 Å². The van der Waals surface area contributed by atoms with Crippen LogP contribution >= 0.6 is 11.6 Å². The van der Waals surface area contributed by atoms with Crippen LogP contribution in [-0.4, -0.2) is 24.0 Å². The van der Waals surface area contributed by atoms with E-state index in [0.717, 1.165) is 29.2 Å². The normalized spacial score (nSPS) is 12.2. The van der Waals surface area contributed by atoms with Crippen LogP contribution in [0.4, 0.5) is 26.3 Å². The number of rotatable bonds is 5. The number of hydrogen-bond acceptors (Lipinski definition) is 5. The largest absolute Gasteiger partial charge is 0.493 e. The molecule has 2 aromatic heterocycles. The summed E-state index contributed by atoms with van der Waals surface area (Å²) in [4.78, 5) is 13.2. The molecule has 0 spiro atoms. The summed E-state index contributed by atoms with van der Waals surface area (Å²) in [6.45, 7) is -0.298. The van der Waals surface area contributed by atoms with E-state index in [1.807, 2.05) is 0 Å². The first kappa shape index (κ1) is 25.4. The third-order valence-electron chi connectivity index (χ3n) is 5.30. The van der Waals surface area contributed by atoms with Crippen molar-refractivity contribution in [1.29, 1.82) is 0 Å². The average Bonchev–Trinajstić information content (AvgIpc) is 3.26. The molecular weight excluding hydrogens is 518 g/mol. The molecule has 0 amide bonds. The highest BCUT2D eigenvalue weighted by molar-refractivity contribution is 6.32. The Kier molecular flexibility index (Phi) is 6.41. The van der Waals surface area contributed by atoms with Gasteiger partial charge in [-0.1, -0.05) is 23.7 Å². The molecule has 0 unspecified atom stereocenters. The van der Waals surface area contributed by atoms with Crippen molar-refractivity contribution in [2.24, 2.45) is 0 Å². The van der Waals surface area contributed by atoms with Crippen LogP contribution in [0.1, 0.15) is 16.9 Å². The number of fused-ring (bicyclic) bond motifs is 1. The zero-order valence-electron chi connectivity index (χ0n) is 18.4. The Hall–Kier alpha value is -3.67. The number of nitrogens with zero attached hydrogens (tertiary/aromatic N) is 2. The van der Waals surface area contributed by atoms with E-state index in [4.69, 9.17) is 25.5 Å². The molecule has 0 fully saturated rings. The highest BCUT2D eigenvalue weighted by atomic mass is 35.5. The van der Waals surface area contributed by atoms with E-state index >= 15 is 0 Å². The van der Waals surface area contributed by atoms with Gasteiger partial charge in [-0.05, 0) is 23.8 Å². The van der Waals surface area contributed by atoms with Crippen molar-refractivity contribution in [3.8, 4) is 22.6 Å². The Labute approximate surface area is 203 Å². The van der Waals surface area contributed by atoms with E-state index in [0.29, 0.717) is 0 Å². The van der Waals surface area contributed by atoms with Gasteiger partial charge in [-0.2, -0.15) is 31.4 Å². The highest BCUT2D eigenvalue weighted by Crippen LogP contribution is 2.42. The fraction of sp³-hybridized carbons (Fsp3) is 0.217. The van der Waals surface area contributed by atoms with Crippen LogP contribution in [0.2, 0.25) is 5.02 Å². The SMILES string of the molecule is COc1ccc2c(=O)c(-c3cnn(Cc4cccc(C(F)(F)F)c4Cl)c3)c(C(F)(F)F)oc2c1OC.